The fraction of sp³-hybridized carbons (Fsp3) is 0.292. The van der Waals surface area contributed by atoms with E-state index in [1.54, 1.807) is 29.2 Å². The lowest BCUT2D eigenvalue weighted by Crippen LogP contribution is -2.28. The molecular weight excluding hydrogens is 476 g/mol. The predicted molar refractivity (Wildman–Crippen MR) is 135 cm³/mol. The quantitative estimate of drug-likeness (QED) is 0.0790. The van der Waals surface area contributed by atoms with E-state index in [-0.39, 0.29) is 22.9 Å². The number of amides is 1. The normalized spacial score (nSPS) is 14.5. The molecule has 34 heavy (non-hydrogen) atoms. The molecule has 0 aromatic heterocycles. The van der Waals surface area contributed by atoms with Gasteiger partial charge < -0.3 is 9.47 Å². The third-order valence-corrected chi connectivity index (χ3v) is 6.49. The van der Waals surface area contributed by atoms with Gasteiger partial charge in [0.05, 0.1) is 22.5 Å². The number of carbonyl (C=O) groups is 2. The van der Waals surface area contributed by atoms with Crippen LogP contribution in [0.25, 0.3) is 6.08 Å². The molecule has 1 heterocycles. The van der Waals surface area contributed by atoms with Crippen LogP contribution in [0.4, 0.5) is 5.69 Å². The van der Waals surface area contributed by atoms with Gasteiger partial charge in [0.25, 0.3) is 11.6 Å². The number of non-ortho nitro benzene ring substituents is 1. The van der Waals surface area contributed by atoms with Crippen molar-refractivity contribution in [3.05, 3.63) is 68.6 Å². The number of benzene rings is 2. The van der Waals surface area contributed by atoms with Crippen molar-refractivity contribution in [1.82, 2.24) is 4.90 Å². The third kappa shape index (κ3) is 6.21. The molecule has 0 radical (unpaired) electrons. The molecular formula is C24H24N2O6S2. The fourth-order valence-corrected chi connectivity index (χ4v) is 4.59. The minimum absolute atomic E-state index is 0.112. The summed E-state index contributed by atoms with van der Waals surface area (Å²) in [4.78, 5) is 37.6. The number of rotatable bonds is 10. The maximum Gasteiger partial charge on any atom is 0.343 e. The molecule has 1 aliphatic rings. The highest BCUT2D eigenvalue weighted by atomic mass is 32.2. The van der Waals surface area contributed by atoms with E-state index in [0.29, 0.717) is 27.1 Å². The Morgan fingerprint density at radius 3 is 2.53 bits per heavy atom. The van der Waals surface area contributed by atoms with Crippen LogP contribution >= 0.6 is 24.0 Å². The Hall–Kier alpha value is -3.24. The molecule has 0 spiro atoms. The van der Waals surface area contributed by atoms with Gasteiger partial charge in [0.15, 0.2) is 11.5 Å². The van der Waals surface area contributed by atoms with Gasteiger partial charge in [0.1, 0.15) is 4.32 Å². The van der Waals surface area contributed by atoms with Crippen molar-refractivity contribution in [3.63, 3.8) is 0 Å². The molecule has 0 saturated carbocycles. The molecule has 1 saturated heterocycles. The summed E-state index contributed by atoms with van der Waals surface area (Å²) in [5, 5.41) is 10.8. The second-order valence-corrected chi connectivity index (χ2v) is 9.17. The first-order chi connectivity index (χ1) is 16.3. The van der Waals surface area contributed by atoms with Gasteiger partial charge in [-0.05, 0) is 42.3 Å². The molecule has 2 aromatic carbocycles. The summed E-state index contributed by atoms with van der Waals surface area (Å²) in [7, 11) is 1.44. The molecule has 0 unspecified atom stereocenters. The van der Waals surface area contributed by atoms with E-state index in [0.717, 1.165) is 25.7 Å². The standard InChI is InChI=1S/C24H24N2O6S2/c1-3-4-5-6-13-25-22(27)21(34-24(25)33)15-16-7-12-19(20(14-16)31-2)32-23(28)17-8-10-18(11-9-17)26(29)30/h7-12,14-15H,3-6,13H2,1-2H3/b21-15-. The van der Waals surface area contributed by atoms with Crippen molar-refractivity contribution in [2.45, 2.75) is 32.6 Å². The van der Waals surface area contributed by atoms with Crippen LogP contribution in [0.15, 0.2) is 47.4 Å². The van der Waals surface area contributed by atoms with Crippen molar-refractivity contribution in [2.75, 3.05) is 13.7 Å². The van der Waals surface area contributed by atoms with E-state index in [4.69, 9.17) is 21.7 Å². The van der Waals surface area contributed by atoms with E-state index in [1.807, 2.05) is 0 Å². The molecule has 8 nitrogen and oxygen atoms in total. The monoisotopic (exact) mass is 500 g/mol. The molecule has 2 aromatic rings. The largest absolute Gasteiger partial charge is 0.493 e. The van der Waals surface area contributed by atoms with Gasteiger partial charge in [0, 0.05) is 18.7 Å². The van der Waals surface area contributed by atoms with E-state index in [2.05, 4.69) is 6.92 Å². The lowest BCUT2D eigenvalue weighted by Gasteiger charge is -2.13. The Balaban J connectivity index is 1.71. The zero-order valence-corrected chi connectivity index (χ0v) is 20.4. The number of carbonyl (C=O) groups excluding carboxylic acids is 2. The fourth-order valence-electron chi connectivity index (χ4n) is 3.28. The molecule has 0 N–H and O–H groups in total. The summed E-state index contributed by atoms with van der Waals surface area (Å²) < 4.78 is 11.3. The maximum atomic E-state index is 12.8. The molecule has 10 heteroatoms. The molecule has 0 bridgehead atoms. The zero-order valence-electron chi connectivity index (χ0n) is 18.8. The lowest BCUT2D eigenvalue weighted by molar-refractivity contribution is -0.384. The average molecular weight is 501 g/mol. The number of thiocarbonyl (C=S) groups is 1. The highest BCUT2D eigenvalue weighted by Crippen LogP contribution is 2.35. The van der Waals surface area contributed by atoms with Crippen molar-refractivity contribution >= 4 is 51.9 Å². The number of thioether (sulfide) groups is 1. The number of hydrogen-bond donors (Lipinski definition) is 0. The summed E-state index contributed by atoms with van der Waals surface area (Å²) in [5.74, 6) is -0.297. The van der Waals surface area contributed by atoms with Gasteiger partial charge in [-0.2, -0.15) is 0 Å². The molecule has 3 rings (SSSR count). The average Bonchev–Trinajstić information content (AvgIpc) is 3.09. The van der Waals surface area contributed by atoms with Gasteiger partial charge in [-0.25, -0.2) is 4.79 Å². The van der Waals surface area contributed by atoms with Gasteiger partial charge in [0.2, 0.25) is 0 Å². The van der Waals surface area contributed by atoms with Crippen LogP contribution in [-0.2, 0) is 4.79 Å². The maximum absolute atomic E-state index is 12.8. The number of ether oxygens (including phenoxy) is 2. The first-order valence-corrected chi connectivity index (χ1v) is 12.0. The van der Waals surface area contributed by atoms with Crippen LogP contribution in [-0.4, -0.2) is 39.7 Å². The number of nitrogens with zero attached hydrogens (tertiary/aromatic N) is 2. The summed E-state index contributed by atoms with van der Waals surface area (Å²) in [5.41, 5.74) is 0.739. The van der Waals surface area contributed by atoms with Gasteiger partial charge >= 0.3 is 5.97 Å². The summed E-state index contributed by atoms with van der Waals surface area (Å²) in [6.45, 7) is 2.75. The van der Waals surface area contributed by atoms with Gasteiger partial charge in [-0.15, -0.1) is 0 Å². The third-order valence-electron chi connectivity index (χ3n) is 5.11. The highest BCUT2D eigenvalue weighted by Gasteiger charge is 2.31. The van der Waals surface area contributed by atoms with Crippen LogP contribution in [0.3, 0.4) is 0 Å². The van der Waals surface area contributed by atoms with Crippen molar-refractivity contribution in [1.29, 1.82) is 0 Å². The van der Waals surface area contributed by atoms with Crippen molar-refractivity contribution in [2.24, 2.45) is 0 Å². The van der Waals surface area contributed by atoms with Crippen LogP contribution in [0.5, 0.6) is 11.5 Å². The van der Waals surface area contributed by atoms with Crippen LogP contribution in [0, 0.1) is 10.1 Å². The highest BCUT2D eigenvalue weighted by molar-refractivity contribution is 8.26. The van der Waals surface area contributed by atoms with Crippen molar-refractivity contribution in [3.8, 4) is 11.5 Å². The Bertz CT molecular complexity index is 1130. The Morgan fingerprint density at radius 2 is 1.88 bits per heavy atom. The topological polar surface area (TPSA) is 99.0 Å². The zero-order chi connectivity index (χ0) is 24.7. The van der Waals surface area contributed by atoms with E-state index < -0.39 is 10.9 Å². The number of nitro benzene ring substituents is 1. The first kappa shape index (κ1) is 25.4. The van der Waals surface area contributed by atoms with E-state index in [1.165, 1.54) is 43.1 Å². The lowest BCUT2D eigenvalue weighted by atomic mass is 10.1. The summed E-state index contributed by atoms with van der Waals surface area (Å²) in [6.07, 6.45) is 5.96. The van der Waals surface area contributed by atoms with Crippen molar-refractivity contribution < 1.29 is 24.0 Å². The summed E-state index contributed by atoms with van der Waals surface area (Å²) >= 11 is 6.65. The van der Waals surface area contributed by atoms with Crippen LogP contribution < -0.4 is 9.47 Å². The summed E-state index contributed by atoms with van der Waals surface area (Å²) in [6, 6.07) is 10.0. The SMILES string of the molecule is CCCCCCN1C(=O)/C(=C/c2ccc(OC(=O)c3ccc([N+](=O)[O-])cc3)c(OC)c2)SC1=S. The second kappa shape index (κ2) is 11.8. The first-order valence-electron chi connectivity index (χ1n) is 10.7. The van der Waals surface area contributed by atoms with Gasteiger partial charge in [-0.1, -0.05) is 56.2 Å². The molecule has 178 valence electrons. The smallest absolute Gasteiger partial charge is 0.343 e. The van der Waals surface area contributed by atoms with Gasteiger partial charge in [-0.3, -0.25) is 19.8 Å². The number of unbranched alkanes of at least 4 members (excludes halogenated alkanes) is 3. The number of methoxy groups -OCH3 is 1. The number of nitro groups is 1. The molecule has 0 atom stereocenters. The minimum atomic E-state index is -0.676. The predicted octanol–water partition coefficient (Wildman–Crippen LogP) is 5.60. The second-order valence-electron chi connectivity index (χ2n) is 7.50. The molecule has 1 aliphatic heterocycles. The Labute approximate surface area is 207 Å². The molecule has 0 aliphatic carbocycles. The molecule has 1 amide bonds. The van der Waals surface area contributed by atoms with E-state index in [9.17, 15) is 19.7 Å². The Kier molecular flexibility index (Phi) is 8.78. The number of esters is 1. The van der Waals surface area contributed by atoms with Crippen LogP contribution in [0.1, 0.15) is 48.5 Å². The number of hydrogen-bond acceptors (Lipinski definition) is 8. The minimum Gasteiger partial charge on any atom is -0.493 e. The molecule has 1 fully saturated rings. The Morgan fingerprint density at radius 1 is 1.15 bits per heavy atom. The van der Waals surface area contributed by atoms with E-state index >= 15 is 0 Å². The van der Waals surface area contributed by atoms with Crippen LogP contribution in [0.2, 0.25) is 0 Å².